The number of fused-ring (bicyclic) bond motifs is 1. The Balaban J connectivity index is 2.99. The monoisotopic (exact) mass is 124 g/mol. The van der Waals surface area contributed by atoms with Crippen LogP contribution in [0, 0.1) is 6.92 Å². The lowest BCUT2D eigenvalue weighted by molar-refractivity contribution is 0.440. The van der Waals surface area contributed by atoms with E-state index in [1.807, 2.05) is 6.92 Å². The number of aromatic nitrogens is 4. The van der Waals surface area contributed by atoms with Crippen LogP contribution in [0.5, 0.6) is 0 Å². The number of nitrogens with one attached hydrogen (secondary N) is 1. The van der Waals surface area contributed by atoms with Gasteiger partial charge >= 0.3 is 0 Å². The molecule has 2 aromatic rings. The van der Waals surface area contributed by atoms with Gasteiger partial charge in [-0.1, -0.05) is 5.16 Å². The molecule has 0 amide bonds. The molecular weight excluding hydrogens is 120 g/mol. The van der Waals surface area contributed by atoms with Crippen LogP contribution >= 0.6 is 0 Å². The fourth-order valence-corrected chi connectivity index (χ4v) is 0.675. The van der Waals surface area contributed by atoms with Gasteiger partial charge < -0.3 is 4.52 Å². The van der Waals surface area contributed by atoms with Gasteiger partial charge in [-0.15, -0.1) is 5.10 Å². The van der Waals surface area contributed by atoms with Crippen LogP contribution < -0.4 is 0 Å². The lowest BCUT2D eigenvalue weighted by Gasteiger charge is -1.68. The maximum Gasteiger partial charge on any atom is 0.296 e. The van der Waals surface area contributed by atoms with E-state index in [1.54, 1.807) is 0 Å². The van der Waals surface area contributed by atoms with Crippen LogP contribution in [0.1, 0.15) is 5.69 Å². The van der Waals surface area contributed by atoms with E-state index in [9.17, 15) is 0 Å². The summed E-state index contributed by atoms with van der Waals surface area (Å²) in [6, 6.07) is 0. The third kappa shape index (κ3) is 0.453. The number of aromatic amines is 1. The van der Waals surface area contributed by atoms with Crippen molar-refractivity contribution in [1.82, 2.24) is 20.6 Å². The smallest absolute Gasteiger partial charge is 0.296 e. The fraction of sp³-hybridized carbons (Fsp3) is 0.250. The Bertz CT molecular complexity index is 322. The zero-order chi connectivity index (χ0) is 6.27. The predicted octanol–water partition coefficient (Wildman–Crippen LogP) is 0.254. The quantitative estimate of drug-likeness (QED) is 0.546. The second-order valence-corrected chi connectivity index (χ2v) is 1.75. The first-order chi connectivity index (χ1) is 4.38. The largest absolute Gasteiger partial charge is 0.332 e. The Hall–Kier alpha value is -1.39. The van der Waals surface area contributed by atoms with E-state index in [0.29, 0.717) is 11.2 Å². The molecule has 0 atom stereocenters. The molecule has 0 fully saturated rings. The van der Waals surface area contributed by atoms with Gasteiger partial charge in [0.05, 0.1) is 0 Å². The van der Waals surface area contributed by atoms with E-state index < -0.39 is 0 Å². The van der Waals surface area contributed by atoms with Gasteiger partial charge in [0.25, 0.3) is 5.71 Å². The average Bonchev–Trinajstić information content (AvgIpc) is 2.35. The minimum Gasteiger partial charge on any atom is -0.332 e. The standard InChI is InChI=1S/C4H4N4O/c1-2-3-4(9-7-2)6-8-5-3/h1H3,(H,5,6,8). The van der Waals surface area contributed by atoms with Gasteiger partial charge in [0, 0.05) is 0 Å². The summed E-state index contributed by atoms with van der Waals surface area (Å²) in [6.45, 7) is 1.81. The fourth-order valence-electron chi connectivity index (χ4n) is 0.675. The van der Waals surface area contributed by atoms with E-state index in [0.717, 1.165) is 5.69 Å². The van der Waals surface area contributed by atoms with Crippen molar-refractivity contribution < 1.29 is 4.52 Å². The highest BCUT2D eigenvalue weighted by molar-refractivity contribution is 5.68. The molecule has 2 rings (SSSR count). The Morgan fingerprint density at radius 3 is 3.11 bits per heavy atom. The number of rotatable bonds is 0. The van der Waals surface area contributed by atoms with Gasteiger partial charge in [-0.05, 0) is 6.92 Å². The number of H-pyrrole nitrogens is 1. The summed E-state index contributed by atoms with van der Waals surface area (Å²) in [7, 11) is 0. The summed E-state index contributed by atoms with van der Waals surface area (Å²) in [5.41, 5.74) is 1.93. The molecular formula is C4H4N4O. The molecule has 5 nitrogen and oxygen atoms in total. The van der Waals surface area contributed by atoms with E-state index in [-0.39, 0.29) is 0 Å². The number of nitrogens with zero attached hydrogens (tertiary/aromatic N) is 3. The molecule has 0 bridgehead atoms. The lowest BCUT2D eigenvalue weighted by Crippen LogP contribution is -1.72. The SMILES string of the molecule is Cc1noc2n[nH]nc12. The van der Waals surface area contributed by atoms with Crippen LogP contribution in [0.2, 0.25) is 0 Å². The molecule has 0 aromatic carbocycles. The number of hydrogen-bond donors (Lipinski definition) is 1. The normalized spacial score (nSPS) is 10.8. The molecule has 0 radical (unpaired) electrons. The molecule has 0 saturated carbocycles. The molecule has 0 unspecified atom stereocenters. The summed E-state index contributed by atoms with van der Waals surface area (Å²) in [5, 5.41) is 13.5. The maximum atomic E-state index is 4.73. The summed E-state index contributed by atoms with van der Waals surface area (Å²) in [4.78, 5) is 0. The molecule has 1 N–H and O–H groups in total. The molecule has 2 heterocycles. The van der Waals surface area contributed by atoms with E-state index >= 15 is 0 Å². The van der Waals surface area contributed by atoms with Crippen molar-refractivity contribution in [2.75, 3.05) is 0 Å². The first-order valence-corrected chi connectivity index (χ1v) is 2.50. The molecule has 2 aromatic heterocycles. The van der Waals surface area contributed by atoms with E-state index in [1.165, 1.54) is 0 Å². The van der Waals surface area contributed by atoms with Gasteiger partial charge in [-0.3, -0.25) is 0 Å². The molecule has 5 heteroatoms. The molecule has 0 spiro atoms. The Morgan fingerprint density at radius 2 is 2.33 bits per heavy atom. The number of hydrogen-bond acceptors (Lipinski definition) is 4. The van der Waals surface area contributed by atoms with Crippen LogP contribution in [0.25, 0.3) is 11.2 Å². The highest BCUT2D eigenvalue weighted by Gasteiger charge is 2.05. The van der Waals surface area contributed by atoms with Crippen LogP contribution in [0.15, 0.2) is 4.52 Å². The minimum atomic E-state index is 0.465. The minimum absolute atomic E-state index is 0.465. The van der Waals surface area contributed by atoms with Gasteiger partial charge in [-0.25, -0.2) is 0 Å². The Labute approximate surface area is 50.0 Å². The first kappa shape index (κ1) is 4.49. The first-order valence-electron chi connectivity index (χ1n) is 2.50. The zero-order valence-electron chi connectivity index (χ0n) is 4.75. The van der Waals surface area contributed by atoms with Gasteiger partial charge in [0.15, 0.2) is 5.52 Å². The molecule has 0 aliphatic heterocycles. The zero-order valence-corrected chi connectivity index (χ0v) is 4.75. The topological polar surface area (TPSA) is 67.6 Å². The highest BCUT2D eigenvalue weighted by atomic mass is 16.5. The van der Waals surface area contributed by atoms with Crippen molar-refractivity contribution >= 4 is 11.2 Å². The van der Waals surface area contributed by atoms with Crippen LogP contribution in [-0.4, -0.2) is 20.6 Å². The Kier molecular flexibility index (Phi) is 0.652. The van der Waals surface area contributed by atoms with Crippen LogP contribution in [0.3, 0.4) is 0 Å². The van der Waals surface area contributed by atoms with Crippen molar-refractivity contribution in [3.05, 3.63) is 5.69 Å². The van der Waals surface area contributed by atoms with Gasteiger partial charge in [0.2, 0.25) is 0 Å². The predicted molar refractivity (Wildman–Crippen MR) is 28.7 cm³/mol. The molecule has 0 aliphatic rings. The van der Waals surface area contributed by atoms with Gasteiger partial charge in [-0.2, -0.15) is 10.3 Å². The van der Waals surface area contributed by atoms with Crippen molar-refractivity contribution in [2.24, 2.45) is 0 Å². The summed E-state index contributed by atoms with van der Waals surface area (Å²) in [5.74, 6) is 0. The second kappa shape index (κ2) is 1.31. The maximum absolute atomic E-state index is 4.73. The lowest BCUT2D eigenvalue weighted by atomic mass is 10.4. The molecule has 9 heavy (non-hydrogen) atoms. The van der Waals surface area contributed by atoms with Crippen molar-refractivity contribution in [1.29, 1.82) is 0 Å². The highest BCUT2D eigenvalue weighted by Crippen LogP contribution is 2.09. The Morgan fingerprint density at radius 1 is 1.44 bits per heavy atom. The molecule has 0 saturated heterocycles. The molecule has 0 aliphatic carbocycles. The summed E-state index contributed by atoms with van der Waals surface area (Å²) < 4.78 is 4.73. The van der Waals surface area contributed by atoms with Crippen LogP contribution in [-0.2, 0) is 0 Å². The summed E-state index contributed by atoms with van der Waals surface area (Å²) in [6.07, 6.45) is 0. The third-order valence-corrected chi connectivity index (χ3v) is 1.13. The average molecular weight is 124 g/mol. The number of aryl methyl sites for hydroxylation is 1. The second-order valence-electron chi connectivity index (χ2n) is 1.75. The van der Waals surface area contributed by atoms with E-state index in [4.69, 9.17) is 4.52 Å². The van der Waals surface area contributed by atoms with Crippen molar-refractivity contribution in [3.8, 4) is 0 Å². The molecule has 46 valence electrons. The van der Waals surface area contributed by atoms with Crippen molar-refractivity contribution in [3.63, 3.8) is 0 Å². The third-order valence-electron chi connectivity index (χ3n) is 1.13. The summed E-state index contributed by atoms with van der Waals surface area (Å²) >= 11 is 0. The van der Waals surface area contributed by atoms with E-state index in [2.05, 4.69) is 20.6 Å². The van der Waals surface area contributed by atoms with Crippen molar-refractivity contribution in [2.45, 2.75) is 6.92 Å². The van der Waals surface area contributed by atoms with Crippen LogP contribution in [0.4, 0.5) is 0 Å². The van der Waals surface area contributed by atoms with Gasteiger partial charge in [0.1, 0.15) is 5.69 Å².